The molecule has 4 rings (SSSR count). The van der Waals surface area contributed by atoms with E-state index in [-0.39, 0.29) is 12.5 Å². The monoisotopic (exact) mass is 473 g/mol. The van der Waals surface area contributed by atoms with Crippen LogP contribution in [0.25, 0.3) is 11.1 Å². The van der Waals surface area contributed by atoms with Gasteiger partial charge in [0.15, 0.2) is 12.3 Å². The number of aliphatic hydroxyl groups is 3. The van der Waals surface area contributed by atoms with Crippen molar-refractivity contribution in [2.45, 2.75) is 49.6 Å². The average Bonchev–Trinajstić information content (AvgIpc) is 3.15. The molecule has 34 heavy (non-hydrogen) atoms. The molecule has 1 heterocycles. The van der Waals surface area contributed by atoms with Gasteiger partial charge in [-0.3, -0.25) is 0 Å². The van der Waals surface area contributed by atoms with Crippen LogP contribution in [0.1, 0.15) is 24.0 Å². The maximum absolute atomic E-state index is 12.4. The molecule has 6 atom stereocenters. The highest BCUT2D eigenvalue weighted by Gasteiger charge is 2.43. The first-order chi connectivity index (χ1) is 16.3. The molecule has 2 aromatic rings. The fourth-order valence-electron chi connectivity index (χ4n) is 4.30. The first-order valence-corrected chi connectivity index (χ1v) is 10.9. The number of fused-ring (bicyclic) bond motifs is 3. The summed E-state index contributed by atoms with van der Waals surface area (Å²) in [6.45, 7) is 0.926. The fourth-order valence-corrected chi connectivity index (χ4v) is 4.30. The molecule has 1 aliphatic heterocycles. The predicted molar refractivity (Wildman–Crippen MR) is 118 cm³/mol. The smallest absolute Gasteiger partial charge is 0.407 e. The van der Waals surface area contributed by atoms with Gasteiger partial charge in [-0.25, -0.2) is 9.59 Å². The molecule has 182 valence electrons. The topological polar surface area (TPSA) is 155 Å². The number of rotatable bonds is 7. The largest absolute Gasteiger partial charge is 0.480 e. The quantitative estimate of drug-likeness (QED) is 0.393. The summed E-state index contributed by atoms with van der Waals surface area (Å²) >= 11 is 0. The molecule has 2 aliphatic rings. The summed E-state index contributed by atoms with van der Waals surface area (Å²) in [7, 11) is 0. The molecule has 0 saturated carbocycles. The summed E-state index contributed by atoms with van der Waals surface area (Å²) in [4.78, 5) is 24.0. The Hall–Kier alpha value is -3.02. The van der Waals surface area contributed by atoms with E-state index in [1.165, 1.54) is 6.92 Å². The molecule has 0 spiro atoms. The van der Waals surface area contributed by atoms with Gasteiger partial charge in [0.05, 0.1) is 12.7 Å². The summed E-state index contributed by atoms with van der Waals surface area (Å²) in [5.41, 5.74) is 4.17. The van der Waals surface area contributed by atoms with E-state index >= 15 is 0 Å². The second-order valence-corrected chi connectivity index (χ2v) is 8.38. The van der Waals surface area contributed by atoms with Crippen molar-refractivity contribution in [3.05, 3.63) is 59.7 Å². The molecule has 5 N–H and O–H groups in total. The number of benzene rings is 2. The Morgan fingerprint density at radius 1 is 0.971 bits per heavy atom. The number of alkyl carbamates (subject to hydrolysis) is 1. The summed E-state index contributed by atoms with van der Waals surface area (Å²) in [5.74, 6) is -1.56. The summed E-state index contributed by atoms with van der Waals surface area (Å²) in [6, 6.07) is 14.2. The minimum absolute atomic E-state index is 0.0130. The van der Waals surface area contributed by atoms with Gasteiger partial charge >= 0.3 is 12.1 Å². The van der Waals surface area contributed by atoms with E-state index in [0.29, 0.717) is 0 Å². The number of hydrogen-bond donors (Lipinski definition) is 5. The van der Waals surface area contributed by atoms with Gasteiger partial charge in [-0.1, -0.05) is 48.5 Å². The van der Waals surface area contributed by atoms with Crippen molar-refractivity contribution in [3.63, 3.8) is 0 Å². The number of amides is 1. The van der Waals surface area contributed by atoms with E-state index in [1.807, 2.05) is 48.5 Å². The number of aliphatic carboxylic acids is 1. The van der Waals surface area contributed by atoms with E-state index in [1.54, 1.807) is 0 Å². The zero-order valence-corrected chi connectivity index (χ0v) is 18.4. The summed E-state index contributed by atoms with van der Waals surface area (Å²) < 4.78 is 15.9. The van der Waals surface area contributed by atoms with Crippen molar-refractivity contribution < 1.29 is 44.2 Å². The van der Waals surface area contributed by atoms with Gasteiger partial charge in [-0.15, -0.1) is 0 Å². The fraction of sp³-hybridized carbons (Fsp3) is 0.417. The Balaban J connectivity index is 1.35. The molecule has 0 aromatic heterocycles. The maximum atomic E-state index is 12.4. The van der Waals surface area contributed by atoms with Gasteiger partial charge in [-0.05, 0) is 29.2 Å². The normalized spacial score (nSPS) is 26.9. The zero-order chi connectivity index (χ0) is 24.4. The van der Waals surface area contributed by atoms with Crippen molar-refractivity contribution in [2.24, 2.45) is 0 Å². The highest BCUT2D eigenvalue weighted by molar-refractivity contribution is 5.81. The molecule has 0 unspecified atom stereocenters. The number of hydrogen-bond acceptors (Lipinski definition) is 8. The Morgan fingerprint density at radius 3 is 2.15 bits per heavy atom. The molecule has 1 amide bonds. The molecule has 0 radical (unpaired) electrons. The minimum atomic E-state index is -1.59. The van der Waals surface area contributed by atoms with Crippen LogP contribution in [0.5, 0.6) is 0 Å². The van der Waals surface area contributed by atoms with Gasteiger partial charge in [-0.2, -0.15) is 0 Å². The number of nitrogens with one attached hydrogen (secondary N) is 1. The van der Waals surface area contributed by atoms with Crippen molar-refractivity contribution in [3.8, 4) is 11.1 Å². The molecule has 0 bridgehead atoms. The lowest BCUT2D eigenvalue weighted by Gasteiger charge is -2.39. The van der Waals surface area contributed by atoms with Crippen LogP contribution in [-0.2, 0) is 19.0 Å². The maximum Gasteiger partial charge on any atom is 0.407 e. The Bertz CT molecular complexity index is 999. The predicted octanol–water partition coefficient (Wildman–Crippen LogP) is 0.822. The number of carbonyl (C=O) groups excluding carboxylic acids is 1. The third-order valence-corrected chi connectivity index (χ3v) is 6.17. The molecule has 1 saturated heterocycles. The van der Waals surface area contributed by atoms with Crippen LogP contribution in [0, 0.1) is 0 Å². The molecular formula is C24H27NO9. The van der Waals surface area contributed by atoms with Crippen molar-refractivity contribution in [2.75, 3.05) is 13.2 Å². The average molecular weight is 473 g/mol. The third kappa shape index (κ3) is 4.77. The van der Waals surface area contributed by atoms with E-state index in [0.717, 1.165) is 22.3 Å². The van der Waals surface area contributed by atoms with Crippen LogP contribution in [0.3, 0.4) is 0 Å². The summed E-state index contributed by atoms with van der Waals surface area (Å²) in [6.07, 6.45) is -7.58. The number of aliphatic hydroxyl groups excluding tert-OH is 3. The molecule has 2 aromatic carbocycles. The Kier molecular flexibility index (Phi) is 7.15. The lowest BCUT2D eigenvalue weighted by Crippen LogP contribution is -2.58. The molecular weight excluding hydrogens is 446 g/mol. The highest BCUT2D eigenvalue weighted by atomic mass is 16.7. The van der Waals surface area contributed by atoms with Crippen LogP contribution >= 0.6 is 0 Å². The highest BCUT2D eigenvalue weighted by Crippen LogP contribution is 2.44. The molecule has 10 nitrogen and oxygen atoms in total. The molecule has 1 fully saturated rings. The number of carboxylic acid groups (broad SMARTS) is 1. The molecule has 1 aliphatic carbocycles. The number of ether oxygens (including phenoxy) is 3. The van der Waals surface area contributed by atoms with Gasteiger partial charge in [0.2, 0.25) is 0 Å². The second kappa shape index (κ2) is 10.1. The summed E-state index contributed by atoms with van der Waals surface area (Å²) in [5, 5.41) is 41.3. The molecule has 10 heteroatoms. The number of carbonyl (C=O) groups is 2. The van der Waals surface area contributed by atoms with Gasteiger partial charge in [0.25, 0.3) is 0 Å². The SMILES string of the molecule is C[C@@H]1O[C@@H](OC[C@H](NC(=O)OCC2c3ccccc3-c3ccccc32)C(=O)O)[C@@H](O)[C@H](O)[C@@H]1O. The van der Waals surface area contributed by atoms with Crippen molar-refractivity contribution in [1.29, 1.82) is 0 Å². The second-order valence-electron chi connectivity index (χ2n) is 8.38. The van der Waals surface area contributed by atoms with E-state index in [9.17, 15) is 30.0 Å². The first kappa shape index (κ1) is 24.1. The van der Waals surface area contributed by atoms with Crippen LogP contribution in [0.4, 0.5) is 4.79 Å². The number of carboxylic acids is 1. The lowest BCUT2D eigenvalue weighted by atomic mass is 9.98. The van der Waals surface area contributed by atoms with Gasteiger partial charge in [0.1, 0.15) is 24.9 Å². The Morgan fingerprint density at radius 2 is 1.56 bits per heavy atom. The third-order valence-electron chi connectivity index (χ3n) is 6.17. The minimum Gasteiger partial charge on any atom is -0.480 e. The van der Waals surface area contributed by atoms with E-state index in [2.05, 4.69) is 5.32 Å². The van der Waals surface area contributed by atoms with Crippen LogP contribution in [0.15, 0.2) is 48.5 Å². The van der Waals surface area contributed by atoms with Crippen molar-refractivity contribution >= 4 is 12.1 Å². The van der Waals surface area contributed by atoms with Crippen LogP contribution < -0.4 is 5.32 Å². The Labute approximate surface area is 195 Å². The zero-order valence-electron chi connectivity index (χ0n) is 18.4. The van der Waals surface area contributed by atoms with Gasteiger partial charge in [0, 0.05) is 5.92 Å². The van der Waals surface area contributed by atoms with Gasteiger partial charge < -0.3 is 40.0 Å². The van der Waals surface area contributed by atoms with Crippen molar-refractivity contribution in [1.82, 2.24) is 5.32 Å². The van der Waals surface area contributed by atoms with E-state index < -0.39 is 55.4 Å². The van der Waals surface area contributed by atoms with Crippen LogP contribution in [-0.4, -0.2) is 82.5 Å². The lowest BCUT2D eigenvalue weighted by molar-refractivity contribution is -0.293. The standard InChI is InChI=1S/C24H27NO9/c1-12-19(26)20(27)21(28)23(34-12)32-11-18(22(29)30)25-24(31)33-10-17-15-8-4-2-6-13(15)14-7-3-5-9-16(14)17/h2-9,12,17-21,23,26-28H,10-11H2,1H3,(H,25,31)(H,29,30)/t12-,18-,19+,20+,21-,23+/m0/s1. The van der Waals surface area contributed by atoms with Crippen LogP contribution in [0.2, 0.25) is 0 Å². The van der Waals surface area contributed by atoms with E-state index in [4.69, 9.17) is 14.2 Å². The first-order valence-electron chi connectivity index (χ1n) is 10.9.